The fourth-order valence-corrected chi connectivity index (χ4v) is 5.47. The minimum absolute atomic E-state index is 0.0244. The molecule has 2 saturated heterocycles. The zero-order valence-electron chi connectivity index (χ0n) is 22.1. The van der Waals surface area contributed by atoms with Crippen LogP contribution in [0.2, 0.25) is 0 Å². The van der Waals surface area contributed by atoms with Gasteiger partial charge in [0.25, 0.3) is 5.91 Å². The average molecular weight is 499 g/mol. The molecule has 1 aromatic carbocycles. The lowest BCUT2D eigenvalue weighted by Crippen LogP contribution is -2.56. The highest BCUT2D eigenvalue weighted by Gasteiger charge is 2.36. The van der Waals surface area contributed by atoms with Gasteiger partial charge in [0.2, 0.25) is 5.91 Å². The predicted molar refractivity (Wildman–Crippen MR) is 141 cm³/mol. The first kappa shape index (κ1) is 26.6. The number of aryl methyl sites for hydroxylation is 1. The molecule has 8 nitrogen and oxygen atoms in total. The van der Waals surface area contributed by atoms with Gasteiger partial charge in [-0.3, -0.25) is 9.59 Å². The van der Waals surface area contributed by atoms with Gasteiger partial charge in [-0.15, -0.1) is 0 Å². The number of ether oxygens (including phenoxy) is 2. The lowest BCUT2D eigenvalue weighted by Gasteiger charge is -2.40. The molecule has 0 saturated carbocycles. The number of amides is 2. The monoisotopic (exact) mass is 498 g/mol. The molecule has 4 rings (SSSR count). The van der Waals surface area contributed by atoms with E-state index in [1.54, 1.807) is 7.11 Å². The van der Waals surface area contributed by atoms with Crippen LogP contribution >= 0.6 is 0 Å². The third-order valence-corrected chi connectivity index (χ3v) is 7.27. The summed E-state index contributed by atoms with van der Waals surface area (Å²) >= 11 is 0. The fourth-order valence-electron chi connectivity index (χ4n) is 5.47. The molecular formula is C28H42N4O4. The Morgan fingerprint density at radius 1 is 1.17 bits per heavy atom. The molecule has 198 valence electrons. The molecule has 2 aliphatic heterocycles. The SMILES string of the molecule is COCCCCn1c(C(=O)N(CC(C)C)C2CNC[C@H](C(=O)N3CCOCC3)C2)cc2ccccc21. The number of unbranched alkanes of at least 4 members (excludes halogenated alkanes) is 1. The Kier molecular flexibility index (Phi) is 9.40. The van der Waals surface area contributed by atoms with Crippen molar-refractivity contribution in [3.05, 3.63) is 36.0 Å². The quantitative estimate of drug-likeness (QED) is 0.510. The summed E-state index contributed by atoms with van der Waals surface area (Å²) in [6, 6.07) is 10.2. The summed E-state index contributed by atoms with van der Waals surface area (Å²) < 4.78 is 12.8. The van der Waals surface area contributed by atoms with Gasteiger partial charge in [0.15, 0.2) is 0 Å². The van der Waals surface area contributed by atoms with E-state index in [9.17, 15) is 9.59 Å². The topological polar surface area (TPSA) is 76.0 Å². The molecule has 1 unspecified atom stereocenters. The van der Waals surface area contributed by atoms with E-state index in [2.05, 4.69) is 35.9 Å². The number of methoxy groups -OCH3 is 1. The van der Waals surface area contributed by atoms with Gasteiger partial charge in [-0.05, 0) is 37.3 Å². The first-order valence-electron chi connectivity index (χ1n) is 13.4. The van der Waals surface area contributed by atoms with E-state index in [0.717, 1.165) is 36.0 Å². The van der Waals surface area contributed by atoms with Crippen LogP contribution in [0.1, 0.15) is 43.6 Å². The van der Waals surface area contributed by atoms with Crippen molar-refractivity contribution in [1.82, 2.24) is 19.7 Å². The average Bonchev–Trinajstić information content (AvgIpc) is 3.28. The van der Waals surface area contributed by atoms with Crippen molar-refractivity contribution in [1.29, 1.82) is 0 Å². The van der Waals surface area contributed by atoms with Crippen LogP contribution < -0.4 is 5.32 Å². The molecule has 2 aromatic rings. The molecule has 1 aromatic heterocycles. The van der Waals surface area contributed by atoms with Gasteiger partial charge in [0.05, 0.1) is 19.1 Å². The van der Waals surface area contributed by atoms with Crippen molar-refractivity contribution in [3.8, 4) is 0 Å². The molecule has 0 radical (unpaired) electrons. The Morgan fingerprint density at radius 3 is 2.69 bits per heavy atom. The maximum atomic E-state index is 14.2. The third kappa shape index (κ3) is 6.28. The van der Waals surface area contributed by atoms with Gasteiger partial charge in [0.1, 0.15) is 5.69 Å². The van der Waals surface area contributed by atoms with E-state index in [1.807, 2.05) is 28.0 Å². The van der Waals surface area contributed by atoms with Gasteiger partial charge in [-0.2, -0.15) is 0 Å². The van der Waals surface area contributed by atoms with E-state index in [0.29, 0.717) is 64.9 Å². The fraction of sp³-hybridized carbons (Fsp3) is 0.643. The lowest BCUT2D eigenvalue weighted by atomic mass is 9.92. The summed E-state index contributed by atoms with van der Waals surface area (Å²) in [6.07, 6.45) is 2.58. The normalized spacial score (nSPS) is 20.7. The number of carbonyl (C=O) groups is 2. The van der Waals surface area contributed by atoms with Gasteiger partial charge >= 0.3 is 0 Å². The number of piperidine rings is 1. The van der Waals surface area contributed by atoms with Gasteiger partial charge in [-0.1, -0.05) is 32.0 Å². The smallest absolute Gasteiger partial charge is 0.270 e. The summed E-state index contributed by atoms with van der Waals surface area (Å²) in [5.41, 5.74) is 1.82. The predicted octanol–water partition coefficient (Wildman–Crippen LogP) is 3.00. The Balaban J connectivity index is 1.57. The number of carbonyl (C=O) groups excluding carboxylic acids is 2. The van der Waals surface area contributed by atoms with Crippen LogP contribution in [0.4, 0.5) is 0 Å². The summed E-state index contributed by atoms with van der Waals surface area (Å²) in [7, 11) is 1.72. The minimum Gasteiger partial charge on any atom is -0.385 e. The number of fused-ring (bicyclic) bond motifs is 1. The minimum atomic E-state index is -0.121. The molecule has 3 heterocycles. The van der Waals surface area contributed by atoms with Crippen LogP contribution in [0.15, 0.2) is 30.3 Å². The van der Waals surface area contributed by atoms with Crippen LogP contribution in [0.3, 0.4) is 0 Å². The highest BCUT2D eigenvalue weighted by atomic mass is 16.5. The Morgan fingerprint density at radius 2 is 1.94 bits per heavy atom. The largest absolute Gasteiger partial charge is 0.385 e. The van der Waals surface area contributed by atoms with Crippen LogP contribution in [-0.2, 0) is 20.8 Å². The van der Waals surface area contributed by atoms with E-state index in [1.165, 1.54) is 0 Å². The first-order valence-corrected chi connectivity index (χ1v) is 13.4. The third-order valence-electron chi connectivity index (χ3n) is 7.27. The van der Waals surface area contributed by atoms with Crippen LogP contribution in [-0.4, -0.2) is 91.9 Å². The van der Waals surface area contributed by atoms with Gasteiger partial charge in [-0.25, -0.2) is 0 Å². The summed E-state index contributed by atoms with van der Waals surface area (Å²) in [5.74, 6) is 0.436. The number of rotatable bonds is 10. The zero-order chi connectivity index (χ0) is 25.5. The van der Waals surface area contributed by atoms with E-state index >= 15 is 0 Å². The standard InChI is InChI=1S/C28H42N4O4/c1-21(2)20-32(24-16-23(18-29-19-24)27(33)30-11-14-36-15-12-30)28(34)26-17-22-8-4-5-9-25(22)31(26)10-6-7-13-35-3/h4-5,8-9,17,21,23-24,29H,6-7,10-16,18-20H2,1-3H3/t23-,24?/m1/s1. The second kappa shape index (κ2) is 12.7. The summed E-state index contributed by atoms with van der Waals surface area (Å²) in [5, 5.41) is 4.54. The summed E-state index contributed by atoms with van der Waals surface area (Å²) in [4.78, 5) is 31.4. The number of morpholine rings is 1. The Bertz CT molecular complexity index is 1010. The first-order chi connectivity index (χ1) is 17.5. The van der Waals surface area contributed by atoms with Crippen molar-refractivity contribution >= 4 is 22.7 Å². The van der Waals surface area contributed by atoms with Crippen LogP contribution in [0.25, 0.3) is 10.9 Å². The molecule has 0 spiro atoms. The van der Waals surface area contributed by atoms with E-state index in [4.69, 9.17) is 9.47 Å². The highest BCUT2D eigenvalue weighted by molar-refractivity contribution is 5.99. The Hall–Kier alpha value is -2.42. The molecule has 2 amide bonds. The molecule has 36 heavy (non-hydrogen) atoms. The van der Waals surface area contributed by atoms with Gasteiger partial charge in [0, 0.05) is 69.9 Å². The number of aromatic nitrogens is 1. The van der Waals surface area contributed by atoms with E-state index in [-0.39, 0.29) is 23.8 Å². The number of nitrogens with zero attached hydrogens (tertiary/aromatic N) is 3. The number of hydrogen-bond donors (Lipinski definition) is 1. The molecule has 0 bridgehead atoms. The highest BCUT2D eigenvalue weighted by Crippen LogP contribution is 2.26. The van der Waals surface area contributed by atoms with Crippen molar-refractivity contribution in [2.75, 3.05) is 59.7 Å². The number of nitrogens with one attached hydrogen (secondary N) is 1. The zero-order valence-corrected chi connectivity index (χ0v) is 22.1. The molecule has 0 aliphatic carbocycles. The number of hydrogen-bond acceptors (Lipinski definition) is 5. The van der Waals surface area contributed by atoms with Crippen molar-refractivity contribution in [2.45, 2.75) is 45.7 Å². The van der Waals surface area contributed by atoms with Crippen molar-refractivity contribution in [2.24, 2.45) is 11.8 Å². The molecular weight excluding hydrogens is 456 g/mol. The maximum absolute atomic E-state index is 14.2. The Labute approximate surface area is 214 Å². The summed E-state index contributed by atoms with van der Waals surface area (Å²) in [6.45, 7) is 10.3. The maximum Gasteiger partial charge on any atom is 0.270 e. The molecule has 1 N–H and O–H groups in total. The number of para-hydroxylation sites is 1. The van der Waals surface area contributed by atoms with Crippen LogP contribution in [0.5, 0.6) is 0 Å². The van der Waals surface area contributed by atoms with Crippen molar-refractivity contribution in [3.63, 3.8) is 0 Å². The second-order valence-electron chi connectivity index (χ2n) is 10.5. The molecule has 8 heteroatoms. The molecule has 2 fully saturated rings. The van der Waals surface area contributed by atoms with E-state index < -0.39 is 0 Å². The molecule has 2 atom stereocenters. The van der Waals surface area contributed by atoms with Gasteiger partial charge < -0.3 is 29.2 Å². The number of benzene rings is 1. The second-order valence-corrected chi connectivity index (χ2v) is 10.5. The van der Waals surface area contributed by atoms with Crippen LogP contribution in [0, 0.1) is 11.8 Å². The van der Waals surface area contributed by atoms with Crippen molar-refractivity contribution < 1.29 is 19.1 Å². The lowest BCUT2D eigenvalue weighted by molar-refractivity contribution is -0.140. The molecule has 2 aliphatic rings.